The molecule has 17 heavy (non-hydrogen) atoms. The van der Waals surface area contributed by atoms with E-state index in [1.165, 1.54) is 11.7 Å². The number of benzene rings is 1. The normalized spacial score (nSPS) is 10.5. The summed E-state index contributed by atoms with van der Waals surface area (Å²) in [7, 11) is 0. The summed E-state index contributed by atoms with van der Waals surface area (Å²) >= 11 is 6.06. The molecule has 1 heterocycles. The molecule has 0 bridgehead atoms. The fourth-order valence-corrected chi connectivity index (χ4v) is 1.63. The van der Waals surface area contributed by atoms with E-state index in [1.807, 2.05) is 0 Å². The third-order valence-electron chi connectivity index (χ3n) is 2.32. The van der Waals surface area contributed by atoms with Gasteiger partial charge in [-0.1, -0.05) is 11.6 Å². The van der Waals surface area contributed by atoms with Crippen LogP contribution in [0.2, 0.25) is 5.02 Å². The highest BCUT2D eigenvalue weighted by atomic mass is 35.5. The molecule has 0 aliphatic rings. The van der Waals surface area contributed by atoms with Crippen LogP contribution in [0.25, 0.3) is 0 Å². The summed E-state index contributed by atoms with van der Waals surface area (Å²) in [5, 5.41) is 12.3. The number of tetrazole rings is 1. The predicted octanol–water partition coefficient (Wildman–Crippen LogP) is 1.89. The minimum atomic E-state index is 0.00523. The molecule has 0 unspecified atom stereocenters. The van der Waals surface area contributed by atoms with Crippen LogP contribution < -0.4 is 0 Å². The summed E-state index contributed by atoms with van der Waals surface area (Å²) in [5.41, 5.74) is 1.43. The van der Waals surface area contributed by atoms with Gasteiger partial charge in [-0.15, -0.1) is 10.2 Å². The number of aryl methyl sites for hydroxylation is 1. The molecular weight excluding hydrogens is 240 g/mol. The molecule has 1 aromatic heterocycles. The topological polar surface area (TPSA) is 60.7 Å². The lowest BCUT2D eigenvalue weighted by molar-refractivity contribution is 0.101. The molecule has 0 aliphatic heterocycles. The van der Waals surface area contributed by atoms with Crippen molar-refractivity contribution in [1.29, 1.82) is 0 Å². The Morgan fingerprint density at radius 2 is 2.24 bits per heavy atom. The van der Waals surface area contributed by atoms with Gasteiger partial charge in [0.05, 0.1) is 6.54 Å². The molecule has 1 aromatic carbocycles. The maximum Gasteiger partial charge on any atom is 0.171 e. The van der Waals surface area contributed by atoms with E-state index in [9.17, 15) is 4.79 Å². The van der Waals surface area contributed by atoms with Gasteiger partial charge in [0.25, 0.3) is 0 Å². The summed E-state index contributed by atoms with van der Waals surface area (Å²) in [6, 6.07) is 5.16. The number of Topliss-reactive ketones (excluding diaryl/α,β-unsaturated/α-hetero) is 1. The number of aromatic nitrogens is 4. The van der Waals surface area contributed by atoms with E-state index in [0.717, 1.165) is 5.56 Å². The lowest BCUT2D eigenvalue weighted by Crippen LogP contribution is -2.06. The van der Waals surface area contributed by atoms with Gasteiger partial charge in [-0.2, -0.15) is 4.80 Å². The molecule has 0 aliphatic carbocycles. The fraction of sp³-hybridized carbons (Fsp3) is 0.273. The fourth-order valence-electron chi connectivity index (χ4n) is 1.46. The molecule has 6 heteroatoms. The van der Waals surface area contributed by atoms with Crippen molar-refractivity contribution in [2.24, 2.45) is 0 Å². The Bertz CT molecular complexity index is 564. The van der Waals surface area contributed by atoms with Gasteiger partial charge in [0.15, 0.2) is 11.6 Å². The highest BCUT2D eigenvalue weighted by Gasteiger charge is 2.07. The molecule has 0 N–H and O–H groups in total. The van der Waals surface area contributed by atoms with Crippen LogP contribution in [0.15, 0.2) is 18.2 Å². The molecule has 0 radical (unpaired) electrons. The number of carbonyl (C=O) groups is 1. The zero-order valence-electron chi connectivity index (χ0n) is 9.51. The second-order valence-corrected chi connectivity index (χ2v) is 4.14. The van der Waals surface area contributed by atoms with Crippen LogP contribution in [0.3, 0.4) is 0 Å². The van der Waals surface area contributed by atoms with Crippen molar-refractivity contribution in [2.45, 2.75) is 20.4 Å². The highest BCUT2D eigenvalue weighted by Crippen LogP contribution is 2.18. The molecule has 5 nitrogen and oxygen atoms in total. The number of hydrogen-bond donors (Lipinski definition) is 0. The molecule has 0 atom stereocenters. The summed E-state index contributed by atoms with van der Waals surface area (Å²) in [4.78, 5) is 12.7. The minimum Gasteiger partial charge on any atom is -0.295 e. The van der Waals surface area contributed by atoms with E-state index in [-0.39, 0.29) is 5.78 Å². The first-order valence-corrected chi connectivity index (χ1v) is 5.48. The number of halogens is 1. The lowest BCUT2D eigenvalue weighted by atomic mass is 10.1. The van der Waals surface area contributed by atoms with Gasteiger partial charge < -0.3 is 0 Å². The lowest BCUT2D eigenvalue weighted by Gasteiger charge is -2.04. The second kappa shape index (κ2) is 4.63. The number of hydrogen-bond acceptors (Lipinski definition) is 4. The van der Waals surface area contributed by atoms with Crippen molar-refractivity contribution in [3.05, 3.63) is 40.2 Å². The van der Waals surface area contributed by atoms with Crippen LogP contribution in [0, 0.1) is 6.92 Å². The Morgan fingerprint density at radius 3 is 2.82 bits per heavy atom. The molecular formula is C11H11ClN4O. The van der Waals surface area contributed by atoms with Gasteiger partial charge in [0, 0.05) is 10.6 Å². The first kappa shape index (κ1) is 11.7. The van der Waals surface area contributed by atoms with Crippen LogP contribution in [-0.4, -0.2) is 26.0 Å². The van der Waals surface area contributed by atoms with E-state index >= 15 is 0 Å². The van der Waals surface area contributed by atoms with Crippen molar-refractivity contribution < 1.29 is 4.79 Å². The van der Waals surface area contributed by atoms with Gasteiger partial charge in [0.2, 0.25) is 0 Å². The molecule has 0 amide bonds. The Labute approximate surface area is 103 Å². The number of rotatable bonds is 3. The maximum atomic E-state index is 11.3. The van der Waals surface area contributed by atoms with Gasteiger partial charge in [-0.25, -0.2) is 0 Å². The van der Waals surface area contributed by atoms with E-state index in [2.05, 4.69) is 15.4 Å². The van der Waals surface area contributed by atoms with Gasteiger partial charge in [-0.3, -0.25) is 4.79 Å². The average molecular weight is 251 g/mol. The van der Waals surface area contributed by atoms with E-state index in [1.54, 1.807) is 25.1 Å². The van der Waals surface area contributed by atoms with Crippen molar-refractivity contribution in [1.82, 2.24) is 20.2 Å². The zero-order chi connectivity index (χ0) is 12.4. The van der Waals surface area contributed by atoms with Crippen molar-refractivity contribution in [3.63, 3.8) is 0 Å². The Balaban J connectivity index is 2.31. The highest BCUT2D eigenvalue weighted by molar-refractivity contribution is 6.31. The maximum absolute atomic E-state index is 11.3. The van der Waals surface area contributed by atoms with Gasteiger partial charge in [-0.05, 0) is 42.8 Å². The molecule has 2 rings (SSSR count). The van der Waals surface area contributed by atoms with Crippen LogP contribution in [0.1, 0.15) is 28.7 Å². The Kier molecular flexibility index (Phi) is 3.19. The first-order valence-electron chi connectivity index (χ1n) is 5.10. The van der Waals surface area contributed by atoms with Crippen LogP contribution in [0.5, 0.6) is 0 Å². The van der Waals surface area contributed by atoms with Crippen molar-refractivity contribution >= 4 is 17.4 Å². The summed E-state index contributed by atoms with van der Waals surface area (Å²) in [6.45, 7) is 3.68. The van der Waals surface area contributed by atoms with Crippen molar-refractivity contribution in [2.75, 3.05) is 0 Å². The standard InChI is InChI=1S/C11H11ClN4O/c1-7(17)9-3-4-11(12)10(5-9)6-16-14-8(2)13-15-16/h3-5H,6H2,1-2H3. The third kappa shape index (κ3) is 2.68. The molecule has 0 saturated heterocycles. The van der Waals surface area contributed by atoms with Gasteiger partial charge in [0.1, 0.15) is 0 Å². The zero-order valence-corrected chi connectivity index (χ0v) is 10.3. The van der Waals surface area contributed by atoms with Crippen LogP contribution in [0.4, 0.5) is 0 Å². The molecule has 2 aromatic rings. The molecule has 0 fully saturated rings. The third-order valence-corrected chi connectivity index (χ3v) is 2.69. The quantitative estimate of drug-likeness (QED) is 0.781. The summed E-state index contributed by atoms with van der Waals surface area (Å²) in [5.74, 6) is 0.606. The SMILES string of the molecule is CC(=O)c1ccc(Cl)c(Cn2nnc(C)n2)c1. The van der Waals surface area contributed by atoms with Crippen LogP contribution in [-0.2, 0) is 6.54 Å². The number of nitrogens with zero attached hydrogens (tertiary/aromatic N) is 4. The Hall–Kier alpha value is -1.75. The molecule has 0 saturated carbocycles. The van der Waals surface area contributed by atoms with Gasteiger partial charge >= 0.3 is 0 Å². The number of ketones is 1. The van der Waals surface area contributed by atoms with E-state index < -0.39 is 0 Å². The van der Waals surface area contributed by atoms with Crippen LogP contribution >= 0.6 is 11.6 Å². The predicted molar refractivity (Wildman–Crippen MR) is 63.1 cm³/mol. The monoisotopic (exact) mass is 250 g/mol. The smallest absolute Gasteiger partial charge is 0.171 e. The Morgan fingerprint density at radius 1 is 1.47 bits per heavy atom. The number of carbonyl (C=O) groups excluding carboxylic acids is 1. The van der Waals surface area contributed by atoms with E-state index in [4.69, 9.17) is 11.6 Å². The summed E-state index contributed by atoms with van der Waals surface area (Å²) in [6.07, 6.45) is 0. The largest absolute Gasteiger partial charge is 0.295 e. The second-order valence-electron chi connectivity index (χ2n) is 3.73. The molecule has 88 valence electrons. The van der Waals surface area contributed by atoms with Crippen molar-refractivity contribution in [3.8, 4) is 0 Å². The molecule has 0 spiro atoms. The average Bonchev–Trinajstić information content (AvgIpc) is 2.67. The summed E-state index contributed by atoms with van der Waals surface area (Å²) < 4.78 is 0. The first-order chi connectivity index (χ1) is 8.06. The van der Waals surface area contributed by atoms with E-state index in [0.29, 0.717) is 23.0 Å². The minimum absolute atomic E-state index is 0.00523.